The molecule has 1 nitrogen and oxygen atoms in total. The van der Waals surface area contributed by atoms with Gasteiger partial charge in [0.1, 0.15) is 0 Å². The Bertz CT molecular complexity index is 95.4. The van der Waals surface area contributed by atoms with E-state index in [1.54, 1.807) is 0 Å². The maximum atomic E-state index is 5.93. The number of likely N-dealkylation sites (tertiary alicyclic amines) is 1. The van der Waals surface area contributed by atoms with Gasteiger partial charge in [-0.25, -0.2) is 0 Å². The van der Waals surface area contributed by atoms with Crippen molar-refractivity contribution < 1.29 is 0 Å². The third-order valence-electron chi connectivity index (χ3n) is 2.32. The molecule has 0 aromatic rings. The van der Waals surface area contributed by atoms with Crippen LogP contribution in [0.25, 0.3) is 0 Å². The average Bonchev–Trinajstić information content (AvgIpc) is 1.88. The molecule has 0 amide bonds. The van der Waals surface area contributed by atoms with E-state index in [4.69, 9.17) is 11.6 Å². The van der Waals surface area contributed by atoms with Gasteiger partial charge in [0.25, 0.3) is 0 Å². The molecule has 1 saturated heterocycles. The van der Waals surface area contributed by atoms with Crippen molar-refractivity contribution in [1.29, 1.82) is 0 Å². The Balaban J connectivity index is 2.26. The van der Waals surface area contributed by atoms with Gasteiger partial charge in [0.15, 0.2) is 0 Å². The van der Waals surface area contributed by atoms with E-state index in [1.165, 1.54) is 25.9 Å². The van der Waals surface area contributed by atoms with Gasteiger partial charge in [-0.1, -0.05) is 6.92 Å². The summed E-state index contributed by atoms with van der Waals surface area (Å²) in [4.78, 5) is 2.33. The normalized spacial score (nSPS) is 26.7. The molecular weight excluding hydrogens is 146 g/mol. The molecule has 1 aliphatic heterocycles. The number of hydrogen-bond acceptors (Lipinski definition) is 1. The SMILES string of the molecule is CC1CCN(C(C)Cl)CC1. The molecule has 2 heteroatoms. The molecule has 0 aromatic heterocycles. The van der Waals surface area contributed by atoms with Gasteiger partial charge in [-0.15, -0.1) is 11.6 Å². The zero-order valence-electron chi connectivity index (χ0n) is 6.81. The van der Waals surface area contributed by atoms with E-state index in [-0.39, 0.29) is 5.50 Å². The van der Waals surface area contributed by atoms with Gasteiger partial charge < -0.3 is 0 Å². The second-order valence-electron chi connectivity index (χ2n) is 3.29. The molecule has 0 aromatic carbocycles. The molecule has 10 heavy (non-hydrogen) atoms. The van der Waals surface area contributed by atoms with Crippen LogP contribution in [-0.2, 0) is 0 Å². The smallest absolute Gasteiger partial charge is 0.0821 e. The number of piperidine rings is 1. The molecule has 0 saturated carbocycles. The summed E-state index contributed by atoms with van der Waals surface area (Å²) < 4.78 is 0. The van der Waals surface area contributed by atoms with Crippen LogP contribution in [0.5, 0.6) is 0 Å². The fraction of sp³-hybridized carbons (Fsp3) is 1.00. The minimum absolute atomic E-state index is 0.229. The van der Waals surface area contributed by atoms with Gasteiger partial charge >= 0.3 is 0 Å². The predicted octanol–water partition coefficient (Wildman–Crippen LogP) is 2.30. The third-order valence-corrected chi connectivity index (χ3v) is 2.60. The molecule has 1 aliphatic rings. The van der Waals surface area contributed by atoms with Gasteiger partial charge in [0.05, 0.1) is 5.50 Å². The highest BCUT2D eigenvalue weighted by Crippen LogP contribution is 2.18. The lowest BCUT2D eigenvalue weighted by Gasteiger charge is -2.31. The van der Waals surface area contributed by atoms with E-state index in [1.807, 2.05) is 0 Å². The summed E-state index contributed by atoms with van der Waals surface area (Å²) in [7, 11) is 0. The Morgan fingerprint density at radius 3 is 2.30 bits per heavy atom. The lowest BCUT2D eigenvalue weighted by atomic mass is 9.99. The number of alkyl halides is 1. The summed E-state index contributed by atoms with van der Waals surface area (Å²) in [6.45, 7) is 6.74. The fourth-order valence-corrected chi connectivity index (χ4v) is 1.58. The van der Waals surface area contributed by atoms with Crippen LogP contribution in [0.2, 0.25) is 0 Å². The Labute approximate surface area is 68.4 Å². The Kier molecular flexibility index (Phi) is 2.99. The van der Waals surface area contributed by atoms with E-state index in [2.05, 4.69) is 18.7 Å². The molecule has 1 rings (SSSR count). The maximum Gasteiger partial charge on any atom is 0.0821 e. The summed E-state index contributed by atoms with van der Waals surface area (Å²) in [5.41, 5.74) is 0.229. The zero-order valence-corrected chi connectivity index (χ0v) is 7.56. The summed E-state index contributed by atoms with van der Waals surface area (Å²) in [5, 5.41) is 0. The number of hydrogen-bond donors (Lipinski definition) is 0. The van der Waals surface area contributed by atoms with Crippen molar-refractivity contribution in [2.45, 2.75) is 32.2 Å². The van der Waals surface area contributed by atoms with E-state index < -0.39 is 0 Å². The van der Waals surface area contributed by atoms with E-state index in [0.717, 1.165) is 5.92 Å². The number of rotatable bonds is 1. The quantitative estimate of drug-likeness (QED) is 0.422. The number of nitrogens with zero attached hydrogens (tertiary/aromatic N) is 1. The van der Waals surface area contributed by atoms with Crippen molar-refractivity contribution in [2.75, 3.05) is 13.1 Å². The van der Waals surface area contributed by atoms with Crippen molar-refractivity contribution in [1.82, 2.24) is 4.90 Å². The van der Waals surface area contributed by atoms with Gasteiger partial charge in [-0.3, -0.25) is 4.90 Å². The van der Waals surface area contributed by atoms with Crippen LogP contribution >= 0.6 is 11.6 Å². The molecule has 1 atom stereocenters. The summed E-state index contributed by atoms with van der Waals surface area (Å²) in [5.74, 6) is 0.909. The topological polar surface area (TPSA) is 3.24 Å². The maximum absolute atomic E-state index is 5.93. The van der Waals surface area contributed by atoms with Gasteiger partial charge in [0, 0.05) is 0 Å². The Hall–Kier alpha value is 0.250. The van der Waals surface area contributed by atoms with Crippen molar-refractivity contribution in [3.8, 4) is 0 Å². The third kappa shape index (κ3) is 2.14. The highest BCUT2D eigenvalue weighted by atomic mass is 35.5. The van der Waals surface area contributed by atoms with E-state index in [9.17, 15) is 0 Å². The summed E-state index contributed by atoms with van der Waals surface area (Å²) in [6.07, 6.45) is 2.63. The fourth-order valence-electron chi connectivity index (χ4n) is 1.38. The molecule has 0 radical (unpaired) electrons. The first-order chi connectivity index (χ1) is 4.70. The molecule has 60 valence electrons. The number of halogens is 1. The van der Waals surface area contributed by atoms with Crippen LogP contribution in [-0.4, -0.2) is 23.5 Å². The van der Waals surface area contributed by atoms with Crippen LogP contribution < -0.4 is 0 Å². The van der Waals surface area contributed by atoms with Crippen molar-refractivity contribution in [3.05, 3.63) is 0 Å². The van der Waals surface area contributed by atoms with Crippen LogP contribution in [0.4, 0.5) is 0 Å². The highest BCUT2D eigenvalue weighted by Gasteiger charge is 2.17. The molecule has 0 spiro atoms. The molecule has 1 unspecified atom stereocenters. The van der Waals surface area contributed by atoms with Gasteiger partial charge in [0.2, 0.25) is 0 Å². The second-order valence-corrected chi connectivity index (χ2v) is 3.92. The van der Waals surface area contributed by atoms with Crippen molar-refractivity contribution >= 4 is 11.6 Å². The zero-order chi connectivity index (χ0) is 7.56. The van der Waals surface area contributed by atoms with Gasteiger partial charge in [-0.2, -0.15) is 0 Å². The molecule has 0 N–H and O–H groups in total. The largest absolute Gasteiger partial charge is 0.288 e. The van der Waals surface area contributed by atoms with Crippen molar-refractivity contribution in [2.24, 2.45) is 5.92 Å². The van der Waals surface area contributed by atoms with Crippen LogP contribution in [0.3, 0.4) is 0 Å². The predicted molar refractivity (Wildman–Crippen MR) is 45.3 cm³/mol. The summed E-state index contributed by atoms with van der Waals surface area (Å²) >= 11 is 5.93. The lowest BCUT2D eigenvalue weighted by molar-refractivity contribution is 0.184. The monoisotopic (exact) mass is 161 g/mol. The van der Waals surface area contributed by atoms with Crippen LogP contribution in [0.1, 0.15) is 26.7 Å². The molecule has 1 fully saturated rings. The van der Waals surface area contributed by atoms with Crippen LogP contribution in [0.15, 0.2) is 0 Å². The minimum Gasteiger partial charge on any atom is -0.288 e. The first-order valence-corrected chi connectivity index (χ1v) is 4.52. The average molecular weight is 162 g/mol. The van der Waals surface area contributed by atoms with Crippen LogP contribution in [0, 0.1) is 5.92 Å². The lowest BCUT2D eigenvalue weighted by Crippen LogP contribution is -2.36. The standard InChI is InChI=1S/C8H16ClN/c1-7-3-5-10(6-4-7)8(2)9/h7-8H,3-6H2,1-2H3. The van der Waals surface area contributed by atoms with E-state index in [0.29, 0.717) is 0 Å². The molecule has 0 aliphatic carbocycles. The molecule has 0 bridgehead atoms. The Morgan fingerprint density at radius 2 is 1.90 bits per heavy atom. The first kappa shape index (κ1) is 8.35. The van der Waals surface area contributed by atoms with E-state index >= 15 is 0 Å². The summed E-state index contributed by atoms with van der Waals surface area (Å²) in [6, 6.07) is 0. The van der Waals surface area contributed by atoms with Crippen molar-refractivity contribution in [3.63, 3.8) is 0 Å². The highest BCUT2D eigenvalue weighted by molar-refractivity contribution is 6.20. The second kappa shape index (κ2) is 3.59. The Morgan fingerprint density at radius 1 is 1.40 bits per heavy atom. The molecular formula is C8H16ClN. The first-order valence-electron chi connectivity index (χ1n) is 4.08. The van der Waals surface area contributed by atoms with Gasteiger partial charge in [-0.05, 0) is 38.8 Å². The minimum atomic E-state index is 0.229. The molecule has 1 heterocycles.